The molecule has 3 aromatic carbocycles. The van der Waals surface area contributed by atoms with E-state index in [1.807, 2.05) is 66.7 Å². The Morgan fingerprint density at radius 3 is 2.47 bits per heavy atom. The molecule has 2 aromatic heterocycles. The van der Waals surface area contributed by atoms with E-state index in [1.165, 1.54) is 6.07 Å². The fourth-order valence-corrected chi connectivity index (χ4v) is 3.53. The monoisotopic (exact) mass is 459 g/mol. The third-order valence-corrected chi connectivity index (χ3v) is 5.27. The van der Waals surface area contributed by atoms with Gasteiger partial charge in [0.05, 0.1) is 21.2 Å². The molecule has 7 heteroatoms. The van der Waals surface area contributed by atoms with Crippen LogP contribution in [-0.2, 0) is 0 Å². The first kappa shape index (κ1) is 18.4. The number of halogens is 2. The predicted octanol–water partition coefficient (Wildman–Crippen LogP) is 6.33. The Kier molecular flexibility index (Phi) is 4.72. The van der Waals surface area contributed by atoms with Gasteiger partial charge in [-0.2, -0.15) is 0 Å². The van der Waals surface area contributed by atoms with Crippen LogP contribution in [-0.4, -0.2) is 20.2 Å². The summed E-state index contributed by atoms with van der Waals surface area (Å²) in [5.41, 5.74) is 4.90. The third kappa shape index (κ3) is 3.67. The van der Waals surface area contributed by atoms with E-state index in [1.54, 1.807) is 6.07 Å². The predicted molar refractivity (Wildman–Crippen MR) is 120 cm³/mol. The topological polar surface area (TPSA) is 66.5 Å². The zero-order chi connectivity index (χ0) is 20.5. The van der Waals surface area contributed by atoms with Crippen LogP contribution in [0.15, 0.2) is 83.3 Å². The Labute approximate surface area is 180 Å². The van der Waals surface area contributed by atoms with Crippen LogP contribution in [0.25, 0.3) is 33.7 Å². The number of aromatic amines is 1. The van der Waals surface area contributed by atoms with Crippen molar-refractivity contribution in [3.05, 3.63) is 89.2 Å². The van der Waals surface area contributed by atoms with Crippen molar-refractivity contribution < 1.29 is 4.39 Å². The highest BCUT2D eigenvalue weighted by molar-refractivity contribution is 9.10. The maximum absolute atomic E-state index is 13.8. The minimum Gasteiger partial charge on any atom is -0.339 e. The van der Waals surface area contributed by atoms with Crippen LogP contribution in [0.1, 0.15) is 0 Å². The summed E-state index contributed by atoms with van der Waals surface area (Å²) in [4.78, 5) is 7.74. The van der Waals surface area contributed by atoms with Crippen molar-refractivity contribution in [3.63, 3.8) is 0 Å². The molecule has 0 saturated carbocycles. The second-order valence-corrected chi connectivity index (χ2v) is 7.60. The molecule has 30 heavy (non-hydrogen) atoms. The van der Waals surface area contributed by atoms with Crippen LogP contribution in [0, 0.1) is 5.82 Å². The summed E-state index contributed by atoms with van der Waals surface area (Å²) >= 11 is 3.20. The lowest BCUT2D eigenvalue weighted by Crippen LogP contribution is -1.96. The van der Waals surface area contributed by atoms with Crippen molar-refractivity contribution in [2.45, 2.75) is 0 Å². The first-order chi connectivity index (χ1) is 14.7. The zero-order valence-electron chi connectivity index (χ0n) is 15.6. The molecule has 0 aliphatic carbocycles. The smallest absolute Gasteiger partial charge is 0.153 e. The lowest BCUT2D eigenvalue weighted by molar-refractivity contribution is 0.623. The van der Waals surface area contributed by atoms with Gasteiger partial charge in [0.2, 0.25) is 0 Å². The van der Waals surface area contributed by atoms with Gasteiger partial charge in [0.15, 0.2) is 5.82 Å². The summed E-state index contributed by atoms with van der Waals surface area (Å²) in [6, 6.07) is 24.6. The van der Waals surface area contributed by atoms with Gasteiger partial charge in [-0.15, -0.1) is 10.2 Å². The van der Waals surface area contributed by atoms with Crippen molar-refractivity contribution >= 4 is 38.5 Å². The third-order valence-electron chi connectivity index (χ3n) is 4.67. The molecule has 0 bridgehead atoms. The van der Waals surface area contributed by atoms with Gasteiger partial charge in [-0.05, 0) is 46.3 Å². The van der Waals surface area contributed by atoms with Crippen molar-refractivity contribution in [1.29, 1.82) is 0 Å². The second kappa shape index (κ2) is 7.68. The van der Waals surface area contributed by atoms with E-state index >= 15 is 0 Å². The molecule has 0 atom stereocenters. The Bertz CT molecular complexity index is 1290. The summed E-state index contributed by atoms with van der Waals surface area (Å²) in [5.74, 6) is 0.977. The molecule has 5 aromatic rings. The van der Waals surface area contributed by atoms with E-state index in [9.17, 15) is 4.39 Å². The average molecular weight is 460 g/mol. The summed E-state index contributed by atoms with van der Waals surface area (Å²) < 4.78 is 14.2. The van der Waals surface area contributed by atoms with E-state index in [-0.39, 0.29) is 5.82 Å². The minimum absolute atomic E-state index is 0.328. The molecule has 0 aliphatic heterocycles. The molecular formula is C23H15BrFN5. The van der Waals surface area contributed by atoms with Crippen molar-refractivity contribution in [3.8, 4) is 22.6 Å². The average Bonchev–Trinajstić information content (AvgIpc) is 3.18. The SMILES string of the molecule is Fc1cc2[nH]c(-c3cccc(Nc4ccc(-c5ccccc5)nn4)c3)nc2cc1Br. The number of anilines is 2. The molecule has 146 valence electrons. The standard InChI is InChI=1S/C23H15BrFN5/c24-17-12-20-21(13-18(17)25)28-23(27-20)15-7-4-8-16(11-15)26-22-10-9-19(29-30-22)14-5-2-1-3-6-14/h1-13H,(H,26,30)(H,27,28). The van der Waals surface area contributed by atoms with Crippen LogP contribution in [0.4, 0.5) is 15.9 Å². The van der Waals surface area contributed by atoms with Gasteiger partial charge >= 0.3 is 0 Å². The minimum atomic E-state index is -0.328. The summed E-state index contributed by atoms with van der Waals surface area (Å²) in [6.45, 7) is 0. The molecule has 0 fully saturated rings. The highest BCUT2D eigenvalue weighted by atomic mass is 79.9. The first-order valence-corrected chi connectivity index (χ1v) is 10.1. The summed E-state index contributed by atoms with van der Waals surface area (Å²) in [5, 5.41) is 11.8. The quantitative estimate of drug-likeness (QED) is 0.329. The molecule has 2 heterocycles. The van der Waals surface area contributed by atoms with E-state index in [0.29, 0.717) is 27.1 Å². The van der Waals surface area contributed by atoms with E-state index in [0.717, 1.165) is 22.5 Å². The zero-order valence-corrected chi connectivity index (χ0v) is 17.2. The van der Waals surface area contributed by atoms with Crippen molar-refractivity contribution in [2.75, 3.05) is 5.32 Å². The Hall–Kier alpha value is -3.58. The van der Waals surface area contributed by atoms with Gasteiger partial charge in [-0.25, -0.2) is 9.37 Å². The maximum atomic E-state index is 13.8. The number of benzene rings is 3. The van der Waals surface area contributed by atoms with Gasteiger partial charge in [0.25, 0.3) is 0 Å². The Morgan fingerprint density at radius 1 is 0.833 bits per heavy atom. The molecule has 0 unspecified atom stereocenters. The lowest BCUT2D eigenvalue weighted by Gasteiger charge is -2.07. The Balaban J connectivity index is 1.40. The molecule has 0 radical (unpaired) electrons. The van der Waals surface area contributed by atoms with E-state index in [4.69, 9.17) is 0 Å². The van der Waals surface area contributed by atoms with E-state index in [2.05, 4.69) is 41.4 Å². The highest BCUT2D eigenvalue weighted by Gasteiger charge is 2.10. The van der Waals surface area contributed by atoms with Crippen LogP contribution < -0.4 is 5.32 Å². The van der Waals surface area contributed by atoms with Crippen LogP contribution in [0.3, 0.4) is 0 Å². The Morgan fingerprint density at radius 2 is 1.67 bits per heavy atom. The number of nitrogens with zero attached hydrogens (tertiary/aromatic N) is 3. The number of fused-ring (bicyclic) bond motifs is 1. The molecular weight excluding hydrogens is 445 g/mol. The largest absolute Gasteiger partial charge is 0.339 e. The second-order valence-electron chi connectivity index (χ2n) is 6.74. The maximum Gasteiger partial charge on any atom is 0.153 e. The van der Waals surface area contributed by atoms with Gasteiger partial charge in [0, 0.05) is 22.9 Å². The highest BCUT2D eigenvalue weighted by Crippen LogP contribution is 2.27. The van der Waals surface area contributed by atoms with Gasteiger partial charge < -0.3 is 10.3 Å². The van der Waals surface area contributed by atoms with Crippen LogP contribution in [0.5, 0.6) is 0 Å². The number of imidazole rings is 1. The van der Waals surface area contributed by atoms with Crippen LogP contribution >= 0.6 is 15.9 Å². The number of rotatable bonds is 4. The van der Waals surface area contributed by atoms with E-state index < -0.39 is 0 Å². The summed E-state index contributed by atoms with van der Waals surface area (Å²) in [6.07, 6.45) is 0. The van der Waals surface area contributed by atoms with Crippen LogP contribution in [0.2, 0.25) is 0 Å². The molecule has 2 N–H and O–H groups in total. The summed E-state index contributed by atoms with van der Waals surface area (Å²) in [7, 11) is 0. The number of hydrogen-bond acceptors (Lipinski definition) is 4. The normalized spacial score (nSPS) is 11.0. The molecule has 0 aliphatic rings. The van der Waals surface area contributed by atoms with Crippen molar-refractivity contribution in [1.82, 2.24) is 20.2 Å². The fraction of sp³-hybridized carbons (Fsp3) is 0. The van der Waals surface area contributed by atoms with Gasteiger partial charge in [-0.1, -0.05) is 42.5 Å². The molecule has 5 rings (SSSR count). The number of hydrogen-bond donors (Lipinski definition) is 2. The van der Waals surface area contributed by atoms with Gasteiger partial charge in [-0.3, -0.25) is 0 Å². The fourth-order valence-electron chi connectivity index (χ4n) is 3.20. The lowest BCUT2D eigenvalue weighted by atomic mass is 10.1. The molecule has 5 nitrogen and oxygen atoms in total. The number of aromatic nitrogens is 4. The van der Waals surface area contributed by atoms with Gasteiger partial charge in [0.1, 0.15) is 11.6 Å². The number of H-pyrrole nitrogens is 1. The van der Waals surface area contributed by atoms with Crippen molar-refractivity contribution in [2.24, 2.45) is 0 Å². The first-order valence-electron chi connectivity index (χ1n) is 9.27. The molecule has 0 amide bonds. The number of nitrogens with one attached hydrogen (secondary N) is 2. The molecule has 0 saturated heterocycles. The molecule has 0 spiro atoms.